The maximum absolute atomic E-state index is 12.0. The van der Waals surface area contributed by atoms with Crippen molar-refractivity contribution in [2.45, 2.75) is 31.5 Å². The minimum absolute atomic E-state index is 0.00175. The first-order valence-electron chi connectivity index (χ1n) is 7.29. The summed E-state index contributed by atoms with van der Waals surface area (Å²) in [5.41, 5.74) is -0.106. The number of nitrogens with one attached hydrogen (secondary N) is 1. The highest BCUT2D eigenvalue weighted by Gasteiger charge is 2.30. The van der Waals surface area contributed by atoms with Crippen LogP contribution in [0.2, 0.25) is 0 Å². The second kappa shape index (κ2) is 7.81. The number of thioether (sulfide) groups is 1. The molecule has 1 N–H and O–H groups in total. The quantitative estimate of drug-likeness (QED) is 0.733. The number of carbonyl (C=O) groups is 1. The Balaban J connectivity index is 1.98. The number of aromatic nitrogens is 2. The van der Waals surface area contributed by atoms with Crippen LogP contribution in [0, 0.1) is 17.2 Å². The highest BCUT2D eigenvalue weighted by Crippen LogP contribution is 2.29. The van der Waals surface area contributed by atoms with Gasteiger partial charge in [-0.3, -0.25) is 4.79 Å². The van der Waals surface area contributed by atoms with Gasteiger partial charge in [-0.2, -0.15) is 5.26 Å². The third-order valence-corrected chi connectivity index (χ3v) is 5.13. The van der Waals surface area contributed by atoms with Gasteiger partial charge in [0.05, 0.1) is 17.4 Å². The van der Waals surface area contributed by atoms with Crippen LogP contribution in [-0.4, -0.2) is 27.4 Å². The summed E-state index contributed by atoms with van der Waals surface area (Å²) in [4.78, 5) is 12.0. The molecule has 0 aliphatic heterocycles. The molecule has 24 heavy (non-hydrogen) atoms. The van der Waals surface area contributed by atoms with Gasteiger partial charge in [-0.05, 0) is 40.9 Å². The Bertz CT molecular complexity index is 771. The Morgan fingerprint density at radius 3 is 2.79 bits per heavy atom. The number of rotatable bonds is 6. The minimum Gasteiger partial charge on any atom is -0.411 e. The number of amides is 1. The SMILES string of the molecule is CC(C)[C@](C)(C#N)NC(=O)CSc1nnc(-c2ccccc2Br)o1. The molecule has 0 fully saturated rings. The molecular weight excluding hydrogens is 392 g/mol. The minimum atomic E-state index is -0.896. The second-order valence-corrected chi connectivity index (χ2v) is 7.44. The standard InChI is InChI=1S/C16H17BrN4O2S/c1-10(2)16(3,9-18)19-13(22)8-24-15-21-20-14(23-15)11-6-4-5-7-12(11)17/h4-7,10H,8H2,1-3H3,(H,19,22)/t16-/m0/s1. The average molecular weight is 409 g/mol. The summed E-state index contributed by atoms with van der Waals surface area (Å²) in [6, 6.07) is 9.65. The molecule has 0 spiro atoms. The summed E-state index contributed by atoms with van der Waals surface area (Å²) in [5.74, 6) is 0.233. The molecule has 0 bridgehead atoms. The van der Waals surface area contributed by atoms with Gasteiger partial charge in [0.15, 0.2) is 0 Å². The van der Waals surface area contributed by atoms with Crippen molar-refractivity contribution in [3.05, 3.63) is 28.7 Å². The molecule has 1 aromatic carbocycles. The van der Waals surface area contributed by atoms with E-state index in [9.17, 15) is 10.1 Å². The van der Waals surface area contributed by atoms with Crippen molar-refractivity contribution >= 4 is 33.6 Å². The van der Waals surface area contributed by atoms with E-state index < -0.39 is 5.54 Å². The van der Waals surface area contributed by atoms with E-state index in [1.54, 1.807) is 6.92 Å². The molecule has 6 nitrogen and oxygen atoms in total. The molecule has 2 rings (SSSR count). The Morgan fingerprint density at radius 2 is 2.17 bits per heavy atom. The van der Waals surface area contributed by atoms with Crippen LogP contribution < -0.4 is 5.32 Å². The van der Waals surface area contributed by atoms with Crippen LogP contribution in [0.3, 0.4) is 0 Å². The number of benzene rings is 1. The molecule has 0 aliphatic carbocycles. The normalized spacial score (nSPS) is 13.3. The number of hydrogen-bond acceptors (Lipinski definition) is 6. The molecule has 0 saturated carbocycles. The predicted molar refractivity (Wildman–Crippen MR) is 95.2 cm³/mol. The first-order chi connectivity index (χ1) is 11.4. The van der Waals surface area contributed by atoms with Crippen molar-refractivity contribution < 1.29 is 9.21 Å². The van der Waals surface area contributed by atoms with Crippen LogP contribution >= 0.6 is 27.7 Å². The highest BCUT2D eigenvalue weighted by molar-refractivity contribution is 9.10. The lowest BCUT2D eigenvalue weighted by Crippen LogP contribution is -2.49. The van der Waals surface area contributed by atoms with Crippen molar-refractivity contribution in [1.82, 2.24) is 15.5 Å². The molecule has 0 unspecified atom stereocenters. The topological polar surface area (TPSA) is 91.8 Å². The molecule has 1 heterocycles. The first kappa shape index (κ1) is 18.5. The molecule has 0 radical (unpaired) electrons. The third-order valence-electron chi connectivity index (χ3n) is 3.62. The largest absolute Gasteiger partial charge is 0.411 e. The molecule has 1 amide bonds. The summed E-state index contributed by atoms with van der Waals surface area (Å²) in [5, 5.41) is 20.2. The zero-order valence-corrected chi connectivity index (χ0v) is 15.9. The van der Waals surface area contributed by atoms with E-state index in [2.05, 4.69) is 37.5 Å². The average Bonchev–Trinajstić information content (AvgIpc) is 3.01. The summed E-state index contributed by atoms with van der Waals surface area (Å²) in [6.45, 7) is 5.48. The van der Waals surface area contributed by atoms with E-state index in [0.29, 0.717) is 11.1 Å². The van der Waals surface area contributed by atoms with E-state index in [1.165, 1.54) is 0 Å². The van der Waals surface area contributed by atoms with Crippen molar-refractivity contribution in [3.63, 3.8) is 0 Å². The van der Waals surface area contributed by atoms with Gasteiger partial charge < -0.3 is 9.73 Å². The summed E-state index contributed by atoms with van der Waals surface area (Å²) in [6.07, 6.45) is 0. The molecule has 1 atom stereocenters. The molecule has 126 valence electrons. The van der Waals surface area contributed by atoms with Crippen molar-refractivity contribution in [2.75, 3.05) is 5.75 Å². The Labute approximate surface area is 153 Å². The van der Waals surface area contributed by atoms with E-state index in [1.807, 2.05) is 38.1 Å². The summed E-state index contributed by atoms with van der Waals surface area (Å²) >= 11 is 4.57. The first-order valence-corrected chi connectivity index (χ1v) is 9.07. The zero-order valence-electron chi connectivity index (χ0n) is 13.5. The molecule has 2 aromatic rings. The maximum atomic E-state index is 12.0. The predicted octanol–water partition coefficient (Wildman–Crippen LogP) is 3.65. The van der Waals surface area contributed by atoms with Gasteiger partial charge in [-0.25, -0.2) is 0 Å². The van der Waals surface area contributed by atoms with Crippen LogP contribution in [-0.2, 0) is 4.79 Å². The van der Waals surface area contributed by atoms with Crippen LogP contribution in [0.5, 0.6) is 0 Å². The Morgan fingerprint density at radius 1 is 1.46 bits per heavy atom. The summed E-state index contributed by atoms with van der Waals surface area (Å²) in [7, 11) is 0. The highest BCUT2D eigenvalue weighted by atomic mass is 79.9. The van der Waals surface area contributed by atoms with Gasteiger partial charge in [-0.1, -0.05) is 37.7 Å². The fourth-order valence-electron chi connectivity index (χ4n) is 1.77. The van der Waals surface area contributed by atoms with Gasteiger partial charge >= 0.3 is 0 Å². The van der Waals surface area contributed by atoms with Gasteiger partial charge in [0.1, 0.15) is 5.54 Å². The Hall–Kier alpha value is -1.85. The fourth-order valence-corrected chi connectivity index (χ4v) is 2.78. The number of halogens is 1. The fraction of sp³-hybridized carbons (Fsp3) is 0.375. The van der Waals surface area contributed by atoms with E-state index in [4.69, 9.17) is 4.42 Å². The van der Waals surface area contributed by atoms with Crippen molar-refractivity contribution in [3.8, 4) is 17.5 Å². The van der Waals surface area contributed by atoms with Gasteiger partial charge in [0, 0.05) is 4.47 Å². The second-order valence-electron chi connectivity index (χ2n) is 5.66. The van der Waals surface area contributed by atoms with E-state index in [0.717, 1.165) is 21.8 Å². The molecule has 0 aliphatic rings. The van der Waals surface area contributed by atoms with Gasteiger partial charge in [0.2, 0.25) is 11.8 Å². The van der Waals surface area contributed by atoms with Crippen LogP contribution in [0.1, 0.15) is 20.8 Å². The summed E-state index contributed by atoms with van der Waals surface area (Å²) < 4.78 is 6.42. The van der Waals surface area contributed by atoms with Gasteiger partial charge in [-0.15, -0.1) is 10.2 Å². The third kappa shape index (κ3) is 4.36. The number of nitriles is 1. The molecule has 8 heteroatoms. The van der Waals surface area contributed by atoms with Crippen molar-refractivity contribution in [1.29, 1.82) is 5.26 Å². The van der Waals surface area contributed by atoms with Crippen molar-refractivity contribution in [2.24, 2.45) is 5.92 Å². The lowest BCUT2D eigenvalue weighted by Gasteiger charge is -2.27. The zero-order chi connectivity index (χ0) is 17.7. The maximum Gasteiger partial charge on any atom is 0.277 e. The monoisotopic (exact) mass is 408 g/mol. The lowest BCUT2D eigenvalue weighted by atomic mass is 9.90. The lowest BCUT2D eigenvalue weighted by molar-refractivity contribution is -0.120. The number of hydrogen-bond donors (Lipinski definition) is 1. The molecule has 0 saturated heterocycles. The molecular formula is C16H17BrN4O2S. The number of nitrogens with zero attached hydrogens (tertiary/aromatic N) is 3. The molecule has 1 aromatic heterocycles. The Kier molecular flexibility index (Phi) is 6.02. The van der Waals surface area contributed by atoms with E-state index in [-0.39, 0.29) is 17.6 Å². The van der Waals surface area contributed by atoms with Crippen LogP contribution in [0.4, 0.5) is 0 Å². The van der Waals surface area contributed by atoms with Gasteiger partial charge in [0.25, 0.3) is 5.22 Å². The van der Waals surface area contributed by atoms with Crippen LogP contribution in [0.25, 0.3) is 11.5 Å². The smallest absolute Gasteiger partial charge is 0.277 e. The number of carbonyl (C=O) groups excluding carboxylic acids is 1. The van der Waals surface area contributed by atoms with E-state index >= 15 is 0 Å². The van der Waals surface area contributed by atoms with Crippen LogP contribution in [0.15, 0.2) is 38.4 Å².